The molecule has 0 saturated carbocycles. The molecule has 1 amide bonds. The van der Waals surface area contributed by atoms with E-state index in [0.29, 0.717) is 18.7 Å². The number of anilines is 3. The third-order valence-corrected chi connectivity index (χ3v) is 8.01. The van der Waals surface area contributed by atoms with Crippen molar-refractivity contribution in [2.45, 2.75) is 88.9 Å². The van der Waals surface area contributed by atoms with E-state index in [4.69, 9.17) is 20.3 Å². The fourth-order valence-corrected chi connectivity index (χ4v) is 5.22. The summed E-state index contributed by atoms with van der Waals surface area (Å²) in [6.07, 6.45) is -7.00. The van der Waals surface area contributed by atoms with E-state index in [2.05, 4.69) is 35.9 Å². The molecule has 19 nitrogen and oxygen atoms in total. The maximum Gasteiger partial charge on any atom is 0.320 e. The molecular formula is C32H44N8O11. The van der Waals surface area contributed by atoms with Crippen LogP contribution >= 0.6 is 0 Å². The van der Waals surface area contributed by atoms with Crippen LogP contribution in [0.1, 0.15) is 44.4 Å². The Hall–Kier alpha value is -4.63. The molecule has 1 aliphatic heterocycles. The highest BCUT2D eigenvalue weighted by atomic mass is 16.7. The average Bonchev–Trinajstić information content (AvgIpc) is 3.08. The predicted molar refractivity (Wildman–Crippen MR) is 180 cm³/mol. The Balaban J connectivity index is 1.33. The van der Waals surface area contributed by atoms with Gasteiger partial charge in [-0.25, -0.2) is 9.97 Å². The summed E-state index contributed by atoms with van der Waals surface area (Å²) >= 11 is 0. The molecule has 3 aromatic rings. The van der Waals surface area contributed by atoms with Gasteiger partial charge in [-0.15, -0.1) is 0 Å². The smallest absolute Gasteiger partial charge is 0.320 e. The minimum absolute atomic E-state index is 0.0249. The summed E-state index contributed by atoms with van der Waals surface area (Å²) in [5.41, 5.74) is 8.74. The molecule has 1 saturated heterocycles. The van der Waals surface area contributed by atoms with Crippen molar-refractivity contribution in [2.24, 2.45) is 5.92 Å². The number of aliphatic hydroxyl groups is 4. The second kappa shape index (κ2) is 18.0. The molecule has 0 bridgehead atoms. The van der Waals surface area contributed by atoms with E-state index in [0.717, 1.165) is 11.3 Å². The topological polar surface area (TPSA) is 305 Å². The molecule has 4 rings (SSSR count). The van der Waals surface area contributed by atoms with Gasteiger partial charge in [-0.1, -0.05) is 26.0 Å². The van der Waals surface area contributed by atoms with Crippen molar-refractivity contribution >= 4 is 46.5 Å². The van der Waals surface area contributed by atoms with Crippen molar-refractivity contribution in [1.82, 2.24) is 25.3 Å². The zero-order valence-electron chi connectivity index (χ0n) is 28.0. The van der Waals surface area contributed by atoms with Crippen LogP contribution in [0, 0.1) is 5.92 Å². The van der Waals surface area contributed by atoms with Gasteiger partial charge in [0.25, 0.3) is 5.91 Å². The quantitative estimate of drug-likeness (QED) is 0.0773. The van der Waals surface area contributed by atoms with E-state index < -0.39 is 67.3 Å². The summed E-state index contributed by atoms with van der Waals surface area (Å²) in [6, 6.07) is 6.34. The largest absolute Gasteiger partial charge is 0.481 e. The molecule has 2 aromatic heterocycles. The molecule has 0 unspecified atom stereocenters. The summed E-state index contributed by atoms with van der Waals surface area (Å²) in [6.45, 7) is 3.77. The first-order valence-electron chi connectivity index (χ1n) is 16.3. The summed E-state index contributed by atoms with van der Waals surface area (Å²) in [5, 5.41) is 66.8. The number of benzene rings is 1. The number of nitrogen functional groups attached to an aromatic ring is 1. The predicted octanol–water partition coefficient (Wildman–Crippen LogP) is -0.766. The molecule has 19 heteroatoms. The fourth-order valence-electron chi connectivity index (χ4n) is 5.22. The number of carbonyl (C=O) groups excluding carboxylic acids is 1. The van der Waals surface area contributed by atoms with Crippen molar-refractivity contribution in [3.05, 3.63) is 41.7 Å². The van der Waals surface area contributed by atoms with Crippen molar-refractivity contribution in [3.63, 3.8) is 0 Å². The van der Waals surface area contributed by atoms with Crippen molar-refractivity contribution in [1.29, 1.82) is 0 Å². The Labute approximate surface area is 292 Å². The number of carbonyl (C=O) groups is 3. The SMILES string of the molecule is CC(C)C[C@H](O[C@@H]1O[C@H](CO)[C@@H](O)[C@H](O)[C@H]1O)C(=O)Nc1nc(N)c2nc(CCNc3ccc(CN[C@@H](CCC(=O)O)C(=O)O)cc3)cnc2n1. The van der Waals surface area contributed by atoms with E-state index >= 15 is 0 Å². The number of aliphatic carboxylic acids is 2. The number of hydrogen-bond donors (Lipinski definition) is 10. The van der Waals surface area contributed by atoms with Crippen molar-refractivity contribution < 1.29 is 54.5 Å². The molecule has 278 valence electrons. The van der Waals surface area contributed by atoms with Crippen LogP contribution in [0.5, 0.6) is 0 Å². The fraction of sp³-hybridized carbons (Fsp3) is 0.531. The van der Waals surface area contributed by atoms with Gasteiger partial charge in [0.1, 0.15) is 36.6 Å². The van der Waals surface area contributed by atoms with Crippen LogP contribution in [0.3, 0.4) is 0 Å². The van der Waals surface area contributed by atoms with Gasteiger partial charge in [-0.05, 0) is 36.5 Å². The van der Waals surface area contributed by atoms with Crippen LogP contribution in [-0.4, -0.2) is 124 Å². The Kier molecular flexibility index (Phi) is 13.9. The van der Waals surface area contributed by atoms with Gasteiger partial charge in [0.2, 0.25) is 5.95 Å². The number of carboxylic acids is 2. The lowest BCUT2D eigenvalue weighted by atomic mass is 9.99. The number of nitrogens with one attached hydrogen (secondary N) is 3. The molecule has 0 aliphatic carbocycles. The number of amides is 1. The zero-order chi connectivity index (χ0) is 37.2. The average molecular weight is 717 g/mol. The van der Waals surface area contributed by atoms with Gasteiger partial charge in [0.05, 0.1) is 18.5 Å². The summed E-state index contributed by atoms with van der Waals surface area (Å²) in [4.78, 5) is 52.7. The molecular weight excluding hydrogens is 672 g/mol. The van der Waals surface area contributed by atoms with Crippen LogP contribution in [0.4, 0.5) is 17.5 Å². The normalized spacial score (nSPS) is 21.7. The van der Waals surface area contributed by atoms with E-state index in [1.54, 1.807) is 0 Å². The third kappa shape index (κ3) is 10.9. The maximum atomic E-state index is 13.3. The second-order valence-corrected chi connectivity index (χ2v) is 12.5. The van der Waals surface area contributed by atoms with Gasteiger partial charge in [-0.3, -0.25) is 19.7 Å². The van der Waals surface area contributed by atoms with Crippen molar-refractivity contribution in [2.75, 3.05) is 29.5 Å². The summed E-state index contributed by atoms with van der Waals surface area (Å²) in [5.74, 6) is -3.12. The second-order valence-electron chi connectivity index (χ2n) is 12.5. The maximum absolute atomic E-state index is 13.3. The zero-order valence-corrected chi connectivity index (χ0v) is 28.0. The third-order valence-electron chi connectivity index (χ3n) is 8.01. The molecule has 51 heavy (non-hydrogen) atoms. The number of aliphatic hydroxyl groups excluding tert-OH is 4. The number of carboxylic acid groups (broad SMARTS) is 2. The first-order valence-corrected chi connectivity index (χ1v) is 16.3. The van der Waals surface area contributed by atoms with Gasteiger partial charge >= 0.3 is 11.9 Å². The van der Waals surface area contributed by atoms with Crippen LogP contribution in [0.2, 0.25) is 0 Å². The number of rotatable bonds is 18. The van der Waals surface area contributed by atoms with Gasteiger partial charge in [-0.2, -0.15) is 9.97 Å². The van der Waals surface area contributed by atoms with E-state index in [1.807, 2.05) is 38.1 Å². The Bertz CT molecular complexity index is 1650. The van der Waals surface area contributed by atoms with E-state index in [9.17, 15) is 39.9 Å². The number of aromatic nitrogens is 4. The Morgan fingerprint density at radius 2 is 1.75 bits per heavy atom. The first kappa shape index (κ1) is 39.2. The number of nitrogens with two attached hydrogens (primary N) is 1. The number of nitrogens with zero attached hydrogens (tertiary/aromatic N) is 4. The highest BCUT2D eigenvalue weighted by Gasteiger charge is 2.45. The molecule has 1 fully saturated rings. The number of hydrogen-bond acceptors (Lipinski definition) is 16. The van der Waals surface area contributed by atoms with Gasteiger partial charge < -0.3 is 56.5 Å². The van der Waals surface area contributed by atoms with E-state index in [-0.39, 0.29) is 54.7 Å². The molecule has 0 radical (unpaired) electrons. The minimum Gasteiger partial charge on any atom is -0.481 e. The lowest BCUT2D eigenvalue weighted by Crippen LogP contribution is -2.60. The minimum atomic E-state index is -1.69. The van der Waals surface area contributed by atoms with Gasteiger partial charge in [0.15, 0.2) is 23.3 Å². The molecule has 1 aliphatic rings. The summed E-state index contributed by atoms with van der Waals surface area (Å²) < 4.78 is 11.1. The molecule has 0 spiro atoms. The van der Waals surface area contributed by atoms with Crippen LogP contribution < -0.4 is 21.7 Å². The Morgan fingerprint density at radius 3 is 2.39 bits per heavy atom. The van der Waals surface area contributed by atoms with E-state index in [1.165, 1.54) is 6.20 Å². The molecule has 7 atom stereocenters. The number of ether oxygens (including phenoxy) is 2. The van der Waals surface area contributed by atoms with Crippen LogP contribution in [0.15, 0.2) is 30.5 Å². The Morgan fingerprint density at radius 1 is 1.02 bits per heavy atom. The lowest BCUT2D eigenvalue weighted by molar-refractivity contribution is -0.309. The molecule has 3 heterocycles. The number of fused-ring (bicyclic) bond motifs is 1. The highest BCUT2D eigenvalue weighted by Crippen LogP contribution is 2.25. The van der Waals surface area contributed by atoms with Gasteiger partial charge in [0, 0.05) is 31.6 Å². The lowest BCUT2D eigenvalue weighted by Gasteiger charge is -2.40. The standard InChI is InChI=1S/C32H44N8O11/c1-15(2)11-20(50-31-26(46)25(45)24(44)21(14-41)51-31)29(47)40-32-38-27(33)23-28(39-32)36-13-18(37-23)9-10-34-17-5-3-16(4-6-17)12-35-19(30(48)49)7-8-22(42)43/h3-6,13,15,19-21,24-26,31,34-35,41,44-46H,7-12,14H2,1-2H3,(H,42,43)(H,48,49)(H3,33,36,38,39,40,47)/t19-,20-,21+,24+,25-,26+,31+/m0/s1. The summed E-state index contributed by atoms with van der Waals surface area (Å²) in [7, 11) is 0. The molecule has 11 N–H and O–H groups in total. The van der Waals surface area contributed by atoms with Crippen molar-refractivity contribution in [3.8, 4) is 0 Å². The van der Waals surface area contributed by atoms with Crippen LogP contribution in [-0.2, 0) is 36.8 Å². The monoisotopic (exact) mass is 716 g/mol. The first-order chi connectivity index (χ1) is 24.2. The molecule has 1 aromatic carbocycles. The highest BCUT2D eigenvalue weighted by molar-refractivity contribution is 5.94. The van der Waals surface area contributed by atoms with Crippen LogP contribution in [0.25, 0.3) is 11.2 Å².